The largest absolute Gasteiger partial charge is 0.293 e. The molecule has 0 N–H and O–H groups in total. The van der Waals surface area contributed by atoms with Crippen LogP contribution in [0.25, 0.3) is 17.1 Å². The van der Waals surface area contributed by atoms with Crippen molar-refractivity contribution in [3.8, 4) is 17.1 Å². The summed E-state index contributed by atoms with van der Waals surface area (Å²) >= 11 is 13.5. The fraction of sp³-hybridized carbons (Fsp3) is 0.0476. The number of ketones is 1. The molecule has 8 heteroatoms. The van der Waals surface area contributed by atoms with Crippen LogP contribution in [0.5, 0.6) is 0 Å². The van der Waals surface area contributed by atoms with Crippen LogP contribution in [0.15, 0.2) is 78.2 Å². The van der Waals surface area contributed by atoms with Gasteiger partial charge in [0.15, 0.2) is 16.8 Å². The van der Waals surface area contributed by atoms with E-state index in [9.17, 15) is 4.79 Å². The van der Waals surface area contributed by atoms with Crippen LogP contribution in [0.3, 0.4) is 0 Å². The molecule has 0 saturated carbocycles. The van der Waals surface area contributed by atoms with Gasteiger partial charge in [-0.1, -0.05) is 47.1 Å². The Kier molecular flexibility index (Phi) is 5.94. The number of hydrogen-bond acceptors (Lipinski definition) is 5. The van der Waals surface area contributed by atoms with E-state index in [1.807, 2.05) is 28.8 Å². The fourth-order valence-corrected chi connectivity index (χ4v) is 3.97. The Morgan fingerprint density at radius 2 is 1.76 bits per heavy atom. The van der Waals surface area contributed by atoms with Gasteiger partial charge in [-0.25, -0.2) is 0 Å². The predicted octanol–water partition coefficient (Wildman–Crippen LogP) is 5.61. The summed E-state index contributed by atoms with van der Waals surface area (Å²) < 4.78 is 1.89. The van der Waals surface area contributed by atoms with Gasteiger partial charge >= 0.3 is 0 Å². The highest BCUT2D eigenvalue weighted by Crippen LogP contribution is 2.29. The summed E-state index contributed by atoms with van der Waals surface area (Å²) in [5.41, 5.74) is 2.15. The van der Waals surface area contributed by atoms with Crippen LogP contribution in [0.2, 0.25) is 10.0 Å². The fourth-order valence-electron chi connectivity index (χ4n) is 2.76. The van der Waals surface area contributed by atoms with E-state index in [-0.39, 0.29) is 11.5 Å². The summed E-state index contributed by atoms with van der Waals surface area (Å²) in [5.74, 6) is 0.741. The average Bonchev–Trinajstić information content (AvgIpc) is 3.17. The molecule has 0 spiro atoms. The zero-order valence-corrected chi connectivity index (χ0v) is 17.3. The van der Waals surface area contributed by atoms with Gasteiger partial charge in [-0.3, -0.25) is 14.3 Å². The smallest absolute Gasteiger partial charge is 0.196 e. The van der Waals surface area contributed by atoms with Gasteiger partial charge in [0.1, 0.15) is 0 Å². The summed E-state index contributed by atoms with van der Waals surface area (Å²) in [6, 6.07) is 18.1. The number of rotatable bonds is 6. The first-order valence-electron chi connectivity index (χ1n) is 8.66. The van der Waals surface area contributed by atoms with Crippen molar-refractivity contribution in [2.45, 2.75) is 5.16 Å². The number of benzene rings is 2. The predicted molar refractivity (Wildman–Crippen MR) is 116 cm³/mol. The van der Waals surface area contributed by atoms with E-state index in [0.29, 0.717) is 26.6 Å². The van der Waals surface area contributed by atoms with Crippen LogP contribution in [0.1, 0.15) is 10.4 Å². The monoisotopic (exact) mass is 440 g/mol. The maximum absolute atomic E-state index is 12.6. The van der Waals surface area contributed by atoms with E-state index in [2.05, 4.69) is 15.2 Å². The molecule has 4 aromatic rings. The highest BCUT2D eigenvalue weighted by atomic mass is 35.5. The Morgan fingerprint density at radius 1 is 0.966 bits per heavy atom. The molecular formula is C21H14Cl2N4OS. The highest BCUT2D eigenvalue weighted by Gasteiger charge is 2.18. The van der Waals surface area contributed by atoms with Gasteiger partial charge in [0.25, 0.3) is 0 Å². The molecule has 0 unspecified atom stereocenters. The van der Waals surface area contributed by atoms with Crippen molar-refractivity contribution in [3.63, 3.8) is 0 Å². The number of hydrogen-bond donors (Lipinski definition) is 0. The van der Waals surface area contributed by atoms with E-state index in [4.69, 9.17) is 23.2 Å². The third kappa shape index (κ3) is 4.34. The van der Waals surface area contributed by atoms with Crippen LogP contribution in [-0.2, 0) is 0 Å². The van der Waals surface area contributed by atoms with Crippen molar-refractivity contribution in [2.75, 3.05) is 5.75 Å². The van der Waals surface area contributed by atoms with Crippen LogP contribution in [-0.4, -0.2) is 31.3 Å². The lowest BCUT2D eigenvalue weighted by molar-refractivity contribution is 0.102. The number of carbonyl (C=O) groups excluding carboxylic acids is 1. The lowest BCUT2D eigenvalue weighted by Gasteiger charge is -2.10. The molecule has 2 aromatic heterocycles. The van der Waals surface area contributed by atoms with Gasteiger partial charge in [-0.05, 0) is 48.5 Å². The lowest BCUT2D eigenvalue weighted by atomic mass is 10.1. The first-order valence-corrected chi connectivity index (χ1v) is 10.4. The van der Waals surface area contributed by atoms with Crippen molar-refractivity contribution < 1.29 is 4.79 Å². The quantitative estimate of drug-likeness (QED) is 0.288. The minimum absolute atomic E-state index is 0.0748. The summed E-state index contributed by atoms with van der Waals surface area (Å²) in [4.78, 5) is 16.8. The van der Waals surface area contributed by atoms with Crippen molar-refractivity contribution in [3.05, 3.63) is 88.7 Å². The van der Waals surface area contributed by atoms with Gasteiger partial charge in [0.2, 0.25) is 0 Å². The molecule has 0 aliphatic heterocycles. The molecule has 29 heavy (non-hydrogen) atoms. The standard InChI is InChI=1S/C21H14Cl2N4OS/c22-15-7-9-16(10-8-15)27-20(14-4-3-11-24-12-14)25-26-21(27)29-13-19(28)17-5-1-2-6-18(17)23/h1-12H,13H2. The van der Waals surface area contributed by atoms with Crippen LogP contribution in [0, 0.1) is 0 Å². The highest BCUT2D eigenvalue weighted by molar-refractivity contribution is 7.99. The Bertz CT molecular complexity index is 1150. The van der Waals surface area contributed by atoms with E-state index in [1.165, 1.54) is 11.8 Å². The zero-order chi connectivity index (χ0) is 20.2. The van der Waals surface area contributed by atoms with Crippen LogP contribution >= 0.6 is 35.0 Å². The van der Waals surface area contributed by atoms with E-state index in [0.717, 1.165) is 11.3 Å². The molecule has 0 bridgehead atoms. The molecule has 0 saturated heterocycles. The SMILES string of the molecule is O=C(CSc1nnc(-c2cccnc2)n1-c1ccc(Cl)cc1)c1ccccc1Cl. The Labute approximate surface area is 181 Å². The third-order valence-electron chi connectivity index (χ3n) is 4.14. The van der Waals surface area contributed by atoms with Crippen LogP contribution in [0.4, 0.5) is 0 Å². The van der Waals surface area contributed by atoms with Crippen LogP contribution < -0.4 is 0 Å². The van der Waals surface area contributed by atoms with Crippen molar-refractivity contribution in [2.24, 2.45) is 0 Å². The molecule has 0 atom stereocenters. The zero-order valence-electron chi connectivity index (χ0n) is 15.0. The third-order valence-corrected chi connectivity index (χ3v) is 5.66. The molecule has 0 amide bonds. The van der Waals surface area contributed by atoms with Crippen molar-refractivity contribution in [1.29, 1.82) is 0 Å². The van der Waals surface area contributed by atoms with Gasteiger partial charge < -0.3 is 0 Å². The topological polar surface area (TPSA) is 60.7 Å². The lowest BCUT2D eigenvalue weighted by Crippen LogP contribution is -2.05. The molecule has 2 aromatic carbocycles. The molecule has 0 fully saturated rings. The maximum Gasteiger partial charge on any atom is 0.196 e. The number of thioether (sulfide) groups is 1. The molecule has 0 radical (unpaired) electrons. The number of Topliss-reactive ketones (excluding diaryl/α,β-unsaturated/α-hetero) is 1. The Morgan fingerprint density at radius 3 is 2.48 bits per heavy atom. The van der Waals surface area contributed by atoms with Crippen molar-refractivity contribution in [1.82, 2.24) is 19.7 Å². The number of halogens is 2. The molecule has 0 aliphatic rings. The molecule has 4 rings (SSSR count). The van der Waals surface area contributed by atoms with Gasteiger partial charge in [0.05, 0.1) is 10.8 Å². The van der Waals surface area contributed by atoms with E-state index < -0.39 is 0 Å². The second kappa shape index (κ2) is 8.78. The van der Waals surface area contributed by atoms with E-state index in [1.54, 1.807) is 48.8 Å². The molecular weight excluding hydrogens is 427 g/mol. The molecule has 2 heterocycles. The van der Waals surface area contributed by atoms with Gasteiger partial charge in [-0.2, -0.15) is 0 Å². The normalized spacial score (nSPS) is 10.8. The van der Waals surface area contributed by atoms with Gasteiger partial charge in [-0.15, -0.1) is 10.2 Å². The first kappa shape index (κ1) is 19.6. The molecule has 5 nitrogen and oxygen atoms in total. The second-order valence-electron chi connectivity index (χ2n) is 6.05. The second-order valence-corrected chi connectivity index (χ2v) is 7.84. The number of pyridine rings is 1. The van der Waals surface area contributed by atoms with Crippen molar-refractivity contribution >= 4 is 40.7 Å². The van der Waals surface area contributed by atoms with Gasteiger partial charge in [0, 0.05) is 34.2 Å². The average molecular weight is 441 g/mol. The number of aromatic nitrogens is 4. The summed E-state index contributed by atoms with van der Waals surface area (Å²) in [7, 11) is 0. The summed E-state index contributed by atoms with van der Waals surface area (Å²) in [5, 5.41) is 10.3. The molecule has 144 valence electrons. The molecule has 0 aliphatic carbocycles. The number of carbonyl (C=O) groups is 1. The summed E-state index contributed by atoms with van der Waals surface area (Å²) in [6.07, 6.45) is 3.42. The van der Waals surface area contributed by atoms with E-state index >= 15 is 0 Å². The Balaban J connectivity index is 1.68. The number of nitrogens with zero attached hydrogens (tertiary/aromatic N) is 4. The first-order chi connectivity index (χ1) is 14.1. The Hall–Kier alpha value is -2.67. The maximum atomic E-state index is 12.6. The minimum atomic E-state index is -0.0748. The minimum Gasteiger partial charge on any atom is -0.293 e. The summed E-state index contributed by atoms with van der Waals surface area (Å²) in [6.45, 7) is 0.